The Kier molecular flexibility index (Phi) is 6.73. The molecule has 3 aromatic rings. The monoisotopic (exact) mass is 375 g/mol. The van der Waals surface area contributed by atoms with Crippen molar-refractivity contribution in [3.8, 4) is 11.5 Å². The van der Waals surface area contributed by atoms with Crippen molar-refractivity contribution >= 4 is 23.0 Å². The Balaban J connectivity index is 1.53. The van der Waals surface area contributed by atoms with E-state index in [-0.39, 0.29) is 12.5 Å². The van der Waals surface area contributed by atoms with Crippen molar-refractivity contribution in [3.05, 3.63) is 78.9 Å². The van der Waals surface area contributed by atoms with E-state index in [1.54, 1.807) is 36.4 Å². The Morgan fingerprint density at radius 2 is 1.36 bits per heavy atom. The van der Waals surface area contributed by atoms with Crippen molar-refractivity contribution in [3.63, 3.8) is 0 Å². The molecular formula is C22H21N3O3. The molecule has 0 saturated heterocycles. The number of hydrogen-bond acceptors (Lipinski definition) is 5. The van der Waals surface area contributed by atoms with Gasteiger partial charge in [0.25, 0.3) is 5.91 Å². The number of nitrogens with zero attached hydrogens (tertiary/aromatic N) is 2. The zero-order valence-electron chi connectivity index (χ0n) is 15.5. The molecule has 1 amide bonds. The molecule has 0 fully saturated rings. The highest BCUT2D eigenvalue weighted by molar-refractivity contribution is 5.92. The molecule has 28 heavy (non-hydrogen) atoms. The second-order valence-electron chi connectivity index (χ2n) is 5.80. The fourth-order valence-corrected chi connectivity index (χ4v) is 2.41. The smallest absolute Gasteiger partial charge is 0.262 e. The molecule has 0 heterocycles. The van der Waals surface area contributed by atoms with Crippen LogP contribution in [0, 0.1) is 0 Å². The van der Waals surface area contributed by atoms with Crippen molar-refractivity contribution in [1.29, 1.82) is 0 Å². The van der Waals surface area contributed by atoms with Gasteiger partial charge in [-0.3, -0.25) is 4.79 Å². The van der Waals surface area contributed by atoms with Gasteiger partial charge in [0.15, 0.2) is 18.1 Å². The van der Waals surface area contributed by atoms with Crippen molar-refractivity contribution < 1.29 is 14.3 Å². The minimum Gasteiger partial charge on any atom is -0.490 e. The van der Waals surface area contributed by atoms with Gasteiger partial charge in [-0.05, 0) is 55.5 Å². The van der Waals surface area contributed by atoms with Crippen LogP contribution in [-0.4, -0.2) is 19.1 Å². The molecule has 0 aliphatic carbocycles. The number of carbonyl (C=O) groups excluding carboxylic acids is 1. The average Bonchev–Trinajstić information content (AvgIpc) is 2.74. The van der Waals surface area contributed by atoms with Crippen molar-refractivity contribution in [2.45, 2.75) is 6.92 Å². The zero-order valence-corrected chi connectivity index (χ0v) is 15.5. The number of nitrogens with one attached hydrogen (secondary N) is 1. The summed E-state index contributed by atoms with van der Waals surface area (Å²) < 4.78 is 11.0. The highest BCUT2D eigenvalue weighted by Crippen LogP contribution is 2.26. The van der Waals surface area contributed by atoms with Crippen LogP contribution in [0.5, 0.6) is 11.5 Å². The molecular weight excluding hydrogens is 354 g/mol. The van der Waals surface area contributed by atoms with Gasteiger partial charge in [-0.15, -0.1) is 0 Å². The summed E-state index contributed by atoms with van der Waals surface area (Å²) in [7, 11) is 0. The predicted octanol–water partition coefficient (Wildman–Crippen LogP) is 5.52. The first kappa shape index (κ1) is 19.1. The third kappa shape index (κ3) is 5.67. The quantitative estimate of drug-likeness (QED) is 0.527. The molecule has 3 rings (SSSR count). The summed E-state index contributed by atoms with van der Waals surface area (Å²) in [6.45, 7) is 2.31. The second-order valence-corrected chi connectivity index (χ2v) is 5.80. The lowest BCUT2D eigenvalue weighted by Gasteiger charge is -2.11. The first-order chi connectivity index (χ1) is 13.7. The lowest BCUT2D eigenvalue weighted by Crippen LogP contribution is -2.20. The van der Waals surface area contributed by atoms with E-state index in [0.29, 0.717) is 29.5 Å². The maximum absolute atomic E-state index is 12.1. The third-order valence-electron chi connectivity index (χ3n) is 3.70. The molecule has 0 spiro atoms. The van der Waals surface area contributed by atoms with E-state index in [2.05, 4.69) is 15.5 Å². The lowest BCUT2D eigenvalue weighted by atomic mass is 10.3. The Morgan fingerprint density at radius 3 is 2.00 bits per heavy atom. The maximum atomic E-state index is 12.1. The standard InChI is InChI=1S/C22H21N3O3/c1-2-27-20-10-6-7-11-21(20)28-16-22(26)23-17-12-14-19(15-13-17)25-24-18-8-4-3-5-9-18/h3-15H,2,16H2,1H3,(H,23,26). The predicted molar refractivity (Wildman–Crippen MR) is 109 cm³/mol. The Bertz CT molecular complexity index is 925. The number of azo groups is 1. The number of carbonyl (C=O) groups is 1. The summed E-state index contributed by atoms with van der Waals surface area (Å²) in [5, 5.41) is 11.1. The summed E-state index contributed by atoms with van der Waals surface area (Å²) >= 11 is 0. The Morgan fingerprint density at radius 1 is 0.786 bits per heavy atom. The van der Waals surface area contributed by atoms with E-state index in [1.165, 1.54) is 0 Å². The average molecular weight is 375 g/mol. The van der Waals surface area contributed by atoms with Gasteiger partial charge in [0, 0.05) is 5.69 Å². The van der Waals surface area contributed by atoms with E-state index < -0.39 is 0 Å². The number of ether oxygens (including phenoxy) is 2. The fraction of sp³-hybridized carbons (Fsp3) is 0.136. The highest BCUT2D eigenvalue weighted by Gasteiger charge is 2.07. The van der Waals surface area contributed by atoms with Gasteiger partial charge in [-0.1, -0.05) is 30.3 Å². The normalized spacial score (nSPS) is 10.6. The van der Waals surface area contributed by atoms with Crippen LogP contribution >= 0.6 is 0 Å². The molecule has 0 bridgehead atoms. The summed E-state index contributed by atoms with van der Waals surface area (Å²) in [6.07, 6.45) is 0. The Labute approximate surface area is 163 Å². The van der Waals surface area contributed by atoms with E-state index in [0.717, 1.165) is 5.69 Å². The SMILES string of the molecule is CCOc1ccccc1OCC(=O)Nc1ccc(N=Nc2ccccc2)cc1. The van der Waals surface area contributed by atoms with Gasteiger partial charge >= 0.3 is 0 Å². The van der Waals surface area contributed by atoms with Crippen LogP contribution in [0.15, 0.2) is 89.1 Å². The number of benzene rings is 3. The molecule has 0 aromatic heterocycles. The summed E-state index contributed by atoms with van der Waals surface area (Å²) in [5.41, 5.74) is 2.14. The molecule has 0 saturated carbocycles. The van der Waals surface area contributed by atoms with Crippen LogP contribution in [0.1, 0.15) is 6.92 Å². The number of hydrogen-bond donors (Lipinski definition) is 1. The first-order valence-electron chi connectivity index (χ1n) is 8.96. The van der Waals surface area contributed by atoms with Gasteiger partial charge in [0.2, 0.25) is 0 Å². The van der Waals surface area contributed by atoms with Crippen LogP contribution in [0.25, 0.3) is 0 Å². The minimum absolute atomic E-state index is 0.112. The molecule has 0 aliphatic rings. The molecule has 0 aliphatic heterocycles. The van der Waals surface area contributed by atoms with E-state index >= 15 is 0 Å². The largest absolute Gasteiger partial charge is 0.490 e. The van der Waals surface area contributed by atoms with Crippen LogP contribution in [0.2, 0.25) is 0 Å². The van der Waals surface area contributed by atoms with Crippen molar-refractivity contribution in [1.82, 2.24) is 0 Å². The third-order valence-corrected chi connectivity index (χ3v) is 3.70. The van der Waals surface area contributed by atoms with Crippen LogP contribution in [0.3, 0.4) is 0 Å². The van der Waals surface area contributed by atoms with Crippen molar-refractivity contribution in [2.75, 3.05) is 18.5 Å². The topological polar surface area (TPSA) is 72.3 Å². The molecule has 1 N–H and O–H groups in total. The van der Waals surface area contributed by atoms with Gasteiger partial charge in [0.1, 0.15) is 0 Å². The van der Waals surface area contributed by atoms with E-state index in [9.17, 15) is 4.79 Å². The van der Waals surface area contributed by atoms with Gasteiger partial charge in [0.05, 0.1) is 18.0 Å². The maximum Gasteiger partial charge on any atom is 0.262 e. The molecule has 0 unspecified atom stereocenters. The number of amides is 1. The van der Waals surface area contributed by atoms with Crippen LogP contribution in [0.4, 0.5) is 17.1 Å². The molecule has 6 heteroatoms. The van der Waals surface area contributed by atoms with Crippen LogP contribution < -0.4 is 14.8 Å². The molecule has 0 radical (unpaired) electrons. The first-order valence-corrected chi connectivity index (χ1v) is 8.96. The summed E-state index contributed by atoms with van der Waals surface area (Å²) in [5.74, 6) is 0.895. The van der Waals surface area contributed by atoms with E-state index in [4.69, 9.17) is 9.47 Å². The second kappa shape index (κ2) is 9.87. The Hall–Kier alpha value is -3.67. The number of para-hydroxylation sites is 2. The molecule has 0 atom stereocenters. The highest BCUT2D eigenvalue weighted by atomic mass is 16.5. The zero-order chi connectivity index (χ0) is 19.6. The number of rotatable bonds is 8. The number of anilines is 1. The van der Waals surface area contributed by atoms with Gasteiger partial charge in [-0.25, -0.2) is 0 Å². The molecule has 3 aromatic carbocycles. The van der Waals surface area contributed by atoms with Gasteiger partial charge in [-0.2, -0.15) is 10.2 Å². The van der Waals surface area contributed by atoms with Crippen LogP contribution in [-0.2, 0) is 4.79 Å². The lowest BCUT2D eigenvalue weighted by molar-refractivity contribution is -0.118. The summed E-state index contributed by atoms with van der Waals surface area (Å²) in [6, 6.07) is 23.9. The minimum atomic E-state index is -0.259. The van der Waals surface area contributed by atoms with Crippen molar-refractivity contribution in [2.24, 2.45) is 10.2 Å². The fourth-order valence-electron chi connectivity index (χ4n) is 2.41. The van der Waals surface area contributed by atoms with Gasteiger partial charge < -0.3 is 14.8 Å². The summed E-state index contributed by atoms with van der Waals surface area (Å²) in [4.78, 5) is 12.1. The van der Waals surface area contributed by atoms with E-state index in [1.807, 2.05) is 49.4 Å². The molecule has 142 valence electrons. The molecule has 6 nitrogen and oxygen atoms in total.